The number of nitrogens with zero attached hydrogens (tertiary/aromatic N) is 1. The lowest BCUT2D eigenvalue weighted by atomic mass is 10.1. The number of aryl methyl sites for hydroxylation is 2. The first kappa shape index (κ1) is 12.9. The van der Waals surface area contributed by atoms with Gasteiger partial charge in [0.1, 0.15) is 0 Å². The van der Waals surface area contributed by atoms with Gasteiger partial charge in [0, 0.05) is 27.5 Å². The Morgan fingerprint density at radius 1 is 0.950 bits per heavy atom. The molecular formula is C17H15ClN2. The molecule has 2 aromatic carbocycles. The van der Waals surface area contributed by atoms with E-state index < -0.39 is 0 Å². The highest BCUT2D eigenvalue weighted by atomic mass is 35.5. The molecule has 0 aliphatic rings. The van der Waals surface area contributed by atoms with E-state index in [1.165, 1.54) is 5.56 Å². The first-order chi connectivity index (χ1) is 9.63. The van der Waals surface area contributed by atoms with E-state index in [1.807, 2.05) is 43.3 Å². The van der Waals surface area contributed by atoms with Gasteiger partial charge in [-0.3, -0.25) is 4.98 Å². The fourth-order valence-corrected chi connectivity index (χ4v) is 2.46. The average Bonchev–Trinajstić information content (AvgIpc) is 2.42. The summed E-state index contributed by atoms with van der Waals surface area (Å²) in [7, 11) is 0. The zero-order valence-corrected chi connectivity index (χ0v) is 12.2. The van der Waals surface area contributed by atoms with Crippen molar-refractivity contribution >= 4 is 33.9 Å². The van der Waals surface area contributed by atoms with Crippen LogP contribution in [0, 0.1) is 13.8 Å². The lowest BCUT2D eigenvalue weighted by Crippen LogP contribution is -1.96. The molecule has 0 aliphatic heterocycles. The van der Waals surface area contributed by atoms with Gasteiger partial charge in [0.05, 0.1) is 5.52 Å². The Morgan fingerprint density at radius 3 is 2.55 bits per heavy atom. The Bertz CT molecular complexity index is 781. The maximum Gasteiger partial charge on any atom is 0.0727 e. The van der Waals surface area contributed by atoms with Crippen LogP contribution in [0.1, 0.15) is 11.3 Å². The van der Waals surface area contributed by atoms with E-state index in [2.05, 4.69) is 29.4 Å². The molecule has 3 rings (SSSR count). The van der Waals surface area contributed by atoms with Crippen molar-refractivity contribution in [1.29, 1.82) is 0 Å². The molecule has 1 aromatic heterocycles. The maximum absolute atomic E-state index is 6.11. The van der Waals surface area contributed by atoms with Gasteiger partial charge >= 0.3 is 0 Å². The quantitative estimate of drug-likeness (QED) is 0.694. The molecule has 3 aromatic rings. The monoisotopic (exact) mass is 282 g/mol. The van der Waals surface area contributed by atoms with Gasteiger partial charge in [-0.25, -0.2) is 0 Å². The zero-order chi connectivity index (χ0) is 14.1. The zero-order valence-electron chi connectivity index (χ0n) is 11.4. The predicted octanol–water partition coefficient (Wildman–Crippen LogP) is 5.25. The molecule has 2 nitrogen and oxygen atoms in total. The summed E-state index contributed by atoms with van der Waals surface area (Å²) in [5.74, 6) is 0. The van der Waals surface area contributed by atoms with Crippen LogP contribution in [0.4, 0.5) is 11.4 Å². The van der Waals surface area contributed by atoms with Gasteiger partial charge in [-0.15, -0.1) is 0 Å². The van der Waals surface area contributed by atoms with E-state index in [0.29, 0.717) is 0 Å². The van der Waals surface area contributed by atoms with Gasteiger partial charge in [0.15, 0.2) is 0 Å². The number of hydrogen-bond acceptors (Lipinski definition) is 2. The molecule has 100 valence electrons. The van der Waals surface area contributed by atoms with Gasteiger partial charge < -0.3 is 5.32 Å². The van der Waals surface area contributed by atoms with Gasteiger partial charge in [-0.2, -0.15) is 0 Å². The Kier molecular flexibility index (Phi) is 3.33. The number of fused-ring (bicyclic) bond motifs is 1. The largest absolute Gasteiger partial charge is 0.355 e. The number of para-hydroxylation sites is 1. The predicted molar refractivity (Wildman–Crippen MR) is 86.0 cm³/mol. The minimum absolute atomic E-state index is 0.719. The molecule has 0 saturated heterocycles. The van der Waals surface area contributed by atoms with Crippen molar-refractivity contribution in [3.05, 3.63) is 64.8 Å². The summed E-state index contributed by atoms with van der Waals surface area (Å²) in [5.41, 5.74) is 5.27. The fraction of sp³-hybridized carbons (Fsp3) is 0.118. The van der Waals surface area contributed by atoms with Crippen LogP contribution in [0.25, 0.3) is 10.9 Å². The van der Waals surface area contributed by atoms with Crippen LogP contribution in [0.5, 0.6) is 0 Å². The van der Waals surface area contributed by atoms with Crippen LogP contribution in [-0.2, 0) is 0 Å². The number of benzene rings is 2. The normalized spacial score (nSPS) is 10.8. The molecule has 0 unspecified atom stereocenters. The van der Waals surface area contributed by atoms with Crippen LogP contribution < -0.4 is 5.32 Å². The Labute approximate surface area is 123 Å². The average molecular weight is 283 g/mol. The molecule has 0 saturated carbocycles. The van der Waals surface area contributed by atoms with Gasteiger partial charge in [0.2, 0.25) is 0 Å². The molecule has 0 atom stereocenters. The summed E-state index contributed by atoms with van der Waals surface area (Å²) < 4.78 is 0. The third-order valence-electron chi connectivity index (χ3n) is 3.31. The first-order valence-corrected chi connectivity index (χ1v) is 6.91. The Morgan fingerprint density at radius 2 is 1.75 bits per heavy atom. The van der Waals surface area contributed by atoms with E-state index in [-0.39, 0.29) is 0 Å². The minimum atomic E-state index is 0.719. The lowest BCUT2D eigenvalue weighted by Gasteiger charge is -2.13. The second-order valence-electron chi connectivity index (χ2n) is 4.91. The van der Waals surface area contributed by atoms with E-state index in [9.17, 15) is 0 Å². The van der Waals surface area contributed by atoms with Crippen molar-refractivity contribution in [2.24, 2.45) is 0 Å². The summed E-state index contributed by atoms with van der Waals surface area (Å²) in [6.07, 6.45) is 0. The van der Waals surface area contributed by atoms with E-state index >= 15 is 0 Å². The van der Waals surface area contributed by atoms with Gasteiger partial charge in [-0.05, 0) is 49.7 Å². The number of hydrogen-bond donors (Lipinski definition) is 1. The second kappa shape index (κ2) is 5.14. The van der Waals surface area contributed by atoms with Crippen LogP contribution >= 0.6 is 11.6 Å². The summed E-state index contributed by atoms with van der Waals surface area (Å²) in [6, 6.07) is 16.0. The highest BCUT2D eigenvalue weighted by Crippen LogP contribution is 2.29. The fourth-order valence-electron chi connectivity index (χ4n) is 2.29. The Balaban J connectivity index is 2.15. The highest BCUT2D eigenvalue weighted by molar-refractivity contribution is 6.31. The maximum atomic E-state index is 6.11. The van der Waals surface area contributed by atoms with Gasteiger partial charge in [0.25, 0.3) is 0 Å². The van der Waals surface area contributed by atoms with Crippen LogP contribution in [0.3, 0.4) is 0 Å². The van der Waals surface area contributed by atoms with Crippen LogP contribution in [0.15, 0.2) is 48.5 Å². The SMILES string of the molecule is Cc1cc(Nc2ccccc2C)c2cc(Cl)ccc2n1. The molecular weight excluding hydrogens is 268 g/mol. The molecule has 3 heteroatoms. The van der Waals surface area contributed by atoms with Crippen molar-refractivity contribution in [3.8, 4) is 0 Å². The van der Waals surface area contributed by atoms with Crippen LogP contribution in [0.2, 0.25) is 5.02 Å². The lowest BCUT2D eigenvalue weighted by molar-refractivity contribution is 1.25. The standard InChI is InChI=1S/C17H15ClN2/c1-11-5-3-4-6-15(11)20-17-9-12(2)19-16-8-7-13(18)10-14(16)17/h3-10H,1-2H3,(H,19,20). The van der Waals surface area contributed by atoms with E-state index in [0.717, 1.165) is 33.0 Å². The van der Waals surface area contributed by atoms with Crippen molar-refractivity contribution in [1.82, 2.24) is 4.98 Å². The highest BCUT2D eigenvalue weighted by Gasteiger charge is 2.06. The topological polar surface area (TPSA) is 24.9 Å². The third-order valence-corrected chi connectivity index (χ3v) is 3.55. The summed E-state index contributed by atoms with van der Waals surface area (Å²) in [5, 5.41) is 5.24. The number of pyridine rings is 1. The van der Waals surface area contributed by atoms with E-state index in [1.54, 1.807) is 0 Å². The van der Waals surface area contributed by atoms with Crippen molar-refractivity contribution in [3.63, 3.8) is 0 Å². The van der Waals surface area contributed by atoms with Crippen molar-refractivity contribution in [2.45, 2.75) is 13.8 Å². The molecule has 1 heterocycles. The Hall–Kier alpha value is -2.06. The molecule has 1 N–H and O–H groups in total. The number of aromatic nitrogens is 1. The van der Waals surface area contributed by atoms with Crippen LogP contribution in [-0.4, -0.2) is 4.98 Å². The molecule has 0 radical (unpaired) electrons. The van der Waals surface area contributed by atoms with Gasteiger partial charge in [-0.1, -0.05) is 29.8 Å². The molecule has 20 heavy (non-hydrogen) atoms. The number of anilines is 2. The second-order valence-corrected chi connectivity index (χ2v) is 5.35. The first-order valence-electron chi connectivity index (χ1n) is 6.53. The summed E-state index contributed by atoms with van der Waals surface area (Å²) >= 11 is 6.11. The van der Waals surface area contributed by atoms with Crippen molar-refractivity contribution < 1.29 is 0 Å². The number of rotatable bonds is 2. The number of nitrogens with one attached hydrogen (secondary N) is 1. The molecule has 0 spiro atoms. The minimum Gasteiger partial charge on any atom is -0.355 e. The van der Waals surface area contributed by atoms with E-state index in [4.69, 9.17) is 11.6 Å². The van der Waals surface area contributed by atoms with Crippen molar-refractivity contribution in [2.75, 3.05) is 5.32 Å². The number of halogens is 1. The molecule has 0 bridgehead atoms. The molecule has 0 aliphatic carbocycles. The molecule has 0 fully saturated rings. The molecule has 0 amide bonds. The summed E-state index contributed by atoms with van der Waals surface area (Å²) in [4.78, 5) is 4.54. The third kappa shape index (κ3) is 2.47. The summed E-state index contributed by atoms with van der Waals surface area (Å²) in [6.45, 7) is 4.09. The smallest absolute Gasteiger partial charge is 0.0727 e.